The number of rotatable bonds is 10. The van der Waals surface area contributed by atoms with Crippen LogP contribution in [0.5, 0.6) is 0 Å². The molecular weight excluding hydrogens is 344 g/mol. The number of aliphatic carboxylic acids is 1. The highest BCUT2D eigenvalue weighted by Gasteiger charge is 2.26. The number of aryl methyl sites for hydroxylation is 1. The first-order valence-electron chi connectivity index (χ1n) is 8.07. The van der Waals surface area contributed by atoms with E-state index in [1.165, 1.54) is 4.90 Å². The number of hydrogen-bond donors (Lipinski definition) is 4. The summed E-state index contributed by atoms with van der Waals surface area (Å²) in [6.45, 7) is 3.22. The number of nitrogens with two attached hydrogens (primary N) is 1. The van der Waals surface area contributed by atoms with Crippen LogP contribution in [0.3, 0.4) is 0 Å². The van der Waals surface area contributed by atoms with Crippen LogP contribution in [-0.2, 0) is 22.6 Å². The van der Waals surface area contributed by atoms with Gasteiger partial charge in [-0.15, -0.1) is 11.8 Å². The SMILES string of the molecule is CCc1cccc(CO)c1N(C(=O)CSC[C@H](N)C(=O)O)[C@@H](C)CO. The zero-order valence-corrected chi connectivity index (χ0v) is 15.3. The van der Waals surface area contributed by atoms with Crippen LogP contribution in [0, 0.1) is 0 Å². The minimum absolute atomic E-state index is 0.0359. The van der Waals surface area contributed by atoms with Gasteiger partial charge < -0.3 is 26.0 Å². The fourth-order valence-electron chi connectivity index (χ4n) is 2.45. The number of hydrogen-bond acceptors (Lipinski definition) is 6. The summed E-state index contributed by atoms with van der Waals surface area (Å²) in [5, 5.41) is 28.0. The van der Waals surface area contributed by atoms with Gasteiger partial charge >= 0.3 is 5.97 Å². The monoisotopic (exact) mass is 370 g/mol. The van der Waals surface area contributed by atoms with Gasteiger partial charge in [-0.1, -0.05) is 25.1 Å². The Morgan fingerprint density at radius 3 is 2.44 bits per heavy atom. The number of para-hydroxylation sites is 1. The summed E-state index contributed by atoms with van der Waals surface area (Å²) in [6.07, 6.45) is 0.669. The maximum absolute atomic E-state index is 12.8. The van der Waals surface area contributed by atoms with Crippen molar-refractivity contribution in [2.75, 3.05) is 23.0 Å². The van der Waals surface area contributed by atoms with Crippen LogP contribution in [0.25, 0.3) is 0 Å². The number of carboxylic acids is 1. The normalized spacial score (nSPS) is 13.3. The molecule has 0 aromatic heterocycles. The van der Waals surface area contributed by atoms with Crippen molar-refractivity contribution >= 4 is 29.3 Å². The second-order valence-electron chi connectivity index (χ2n) is 5.69. The summed E-state index contributed by atoms with van der Waals surface area (Å²) in [7, 11) is 0. The van der Waals surface area contributed by atoms with Crippen LogP contribution in [0.2, 0.25) is 0 Å². The number of amides is 1. The van der Waals surface area contributed by atoms with Crippen LogP contribution in [0.1, 0.15) is 25.0 Å². The van der Waals surface area contributed by atoms with E-state index in [0.717, 1.165) is 17.3 Å². The number of carbonyl (C=O) groups is 2. The smallest absolute Gasteiger partial charge is 0.321 e. The Bertz CT molecular complexity index is 574. The lowest BCUT2D eigenvalue weighted by Gasteiger charge is -2.31. The number of aliphatic hydroxyl groups excluding tert-OH is 2. The zero-order valence-electron chi connectivity index (χ0n) is 14.5. The molecule has 25 heavy (non-hydrogen) atoms. The molecule has 0 saturated heterocycles. The van der Waals surface area contributed by atoms with Gasteiger partial charge in [0.1, 0.15) is 6.04 Å². The van der Waals surface area contributed by atoms with Gasteiger partial charge in [-0.3, -0.25) is 9.59 Å². The summed E-state index contributed by atoms with van der Waals surface area (Å²) in [6, 6.07) is 3.94. The van der Waals surface area contributed by atoms with Gasteiger partial charge in [0.2, 0.25) is 5.91 Å². The standard InChI is InChI=1S/C17H26N2O5S/c1-3-12-5-4-6-13(8-21)16(12)19(11(2)7-20)15(22)10-25-9-14(18)17(23)24/h4-6,11,14,20-21H,3,7-10,18H2,1-2H3,(H,23,24)/t11-,14-/m0/s1. The number of anilines is 1. The predicted octanol–water partition coefficient (Wildman–Crippen LogP) is 0.600. The maximum Gasteiger partial charge on any atom is 0.321 e. The predicted molar refractivity (Wildman–Crippen MR) is 98.7 cm³/mol. The fourth-order valence-corrected chi connectivity index (χ4v) is 3.28. The van der Waals surface area contributed by atoms with Crippen LogP contribution < -0.4 is 10.6 Å². The Hall–Kier alpha value is -1.61. The first kappa shape index (κ1) is 21.4. The second kappa shape index (κ2) is 10.4. The lowest BCUT2D eigenvalue weighted by molar-refractivity contribution is -0.137. The van der Waals surface area contributed by atoms with E-state index in [2.05, 4.69) is 0 Å². The molecule has 0 spiro atoms. The van der Waals surface area contributed by atoms with Crippen LogP contribution in [0.4, 0.5) is 5.69 Å². The van der Waals surface area contributed by atoms with Gasteiger partial charge in [-0.05, 0) is 18.9 Å². The first-order valence-corrected chi connectivity index (χ1v) is 9.23. The molecule has 5 N–H and O–H groups in total. The van der Waals surface area contributed by atoms with E-state index < -0.39 is 18.1 Å². The molecule has 0 radical (unpaired) electrons. The van der Waals surface area contributed by atoms with Crippen LogP contribution >= 0.6 is 11.8 Å². The van der Waals surface area contributed by atoms with Gasteiger partial charge in [0.25, 0.3) is 0 Å². The summed E-state index contributed by atoms with van der Waals surface area (Å²) in [5.74, 6) is -1.22. The highest BCUT2D eigenvalue weighted by atomic mass is 32.2. The Kier molecular flexibility index (Phi) is 8.91. The molecule has 0 heterocycles. The minimum Gasteiger partial charge on any atom is -0.480 e. The number of aliphatic hydroxyl groups is 2. The van der Waals surface area contributed by atoms with Gasteiger partial charge in [-0.25, -0.2) is 0 Å². The highest BCUT2D eigenvalue weighted by Crippen LogP contribution is 2.29. The van der Waals surface area contributed by atoms with Gasteiger partial charge in [0.15, 0.2) is 0 Å². The van der Waals surface area contributed by atoms with Crippen molar-refractivity contribution in [2.45, 2.75) is 39.0 Å². The van der Waals surface area contributed by atoms with Crippen molar-refractivity contribution in [3.8, 4) is 0 Å². The summed E-state index contributed by atoms with van der Waals surface area (Å²) < 4.78 is 0. The number of carboxylic acid groups (broad SMARTS) is 1. The van der Waals surface area contributed by atoms with E-state index >= 15 is 0 Å². The minimum atomic E-state index is -1.11. The largest absolute Gasteiger partial charge is 0.480 e. The van der Waals surface area contributed by atoms with E-state index in [-0.39, 0.29) is 30.6 Å². The topological polar surface area (TPSA) is 124 Å². The van der Waals surface area contributed by atoms with Crippen molar-refractivity contribution < 1.29 is 24.9 Å². The molecule has 7 nitrogen and oxygen atoms in total. The number of thioether (sulfide) groups is 1. The van der Waals surface area contributed by atoms with E-state index in [4.69, 9.17) is 10.8 Å². The molecule has 1 aromatic carbocycles. The molecule has 0 fully saturated rings. The molecule has 0 bridgehead atoms. The molecule has 1 aromatic rings. The number of nitrogens with zero attached hydrogens (tertiary/aromatic N) is 1. The highest BCUT2D eigenvalue weighted by molar-refractivity contribution is 8.00. The first-order chi connectivity index (χ1) is 11.9. The van der Waals surface area contributed by atoms with Gasteiger partial charge in [0, 0.05) is 11.3 Å². The Morgan fingerprint density at radius 1 is 1.28 bits per heavy atom. The second-order valence-corrected chi connectivity index (χ2v) is 6.72. The quantitative estimate of drug-likeness (QED) is 0.475. The molecule has 0 aliphatic rings. The maximum atomic E-state index is 12.8. The molecule has 1 rings (SSSR count). The summed E-state index contributed by atoms with van der Waals surface area (Å²) in [4.78, 5) is 25.0. The van der Waals surface area contributed by atoms with E-state index in [9.17, 15) is 19.8 Å². The lowest BCUT2D eigenvalue weighted by Crippen LogP contribution is -2.43. The molecular formula is C17H26N2O5S. The number of carbonyl (C=O) groups excluding carboxylic acids is 1. The average molecular weight is 370 g/mol. The lowest BCUT2D eigenvalue weighted by atomic mass is 10.0. The Labute approximate surface area is 151 Å². The van der Waals surface area contributed by atoms with Crippen LogP contribution in [-0.4, -0.2) is 57.4 Å². The van der Waals surface area contributed by atoms with Crippen molar-refractivity contribution in [2.24, 2.45) is 5.73 Å². The average Bonchev–Trinajstić information content (AvgIpc) is 2.61. The Balaban J connectivity index is 3.06. The molecule has 140 valence electrons. The van der Waals surface area contributed by atoms with Crippen molar-refractivity contribution in [1.82, 2.24) is 0 Å². The molecule has 1 amide bonds. The fraction of sp³-hybridized carbons (Fsp3) is 0.529. The van der Waals surface area contributed by atoms with Gasteiger partial charge in [-0.2, -0.15) is 0 Å². The third-order valence-corrected chi connectivity index (χ3v) is 4.86. The van der Waals surface area contributed by atoms with Crippen molar-refractivity contribution in [3.05, 3.63) is 29.3 Å². The molecule has 0 aliphatic carbocycles. The van der Waals surface area contributed by atoms with E-state index in [0.29, 0.717) is 17.7 Å². The van der Waals surface area contributed by atoms with Crippen molar-refractivity contribution in [1.29, 1.82) is 0 Å². The molecule has 8 heteroatoms. The summed E-state index contributed by atoms with van der Waals surface area (Å²) in [5.41, 5.74) is 7.57. The zero-order chi connectivity index (χ0) is 19.0. The van der Waals surface area contributed by atoms with Gasteiger partial charge in [0.05, 0.1) is 30.7 Å². The molecule has 0 aliphatic heterocycles. The molecule has 0 unspecified atom stereocenters. The third kappa shape index (κ3) is 5.71. The Morgan fingerprint density at radius 2 is 1.92 bits per heavy atom. The molecule has 0 saturated carbocycles. The van der Waals surface area contributed by atoms with E-state index in [1.54, 1.807) is 13.0 Å². The van der Waals surface area contributed by atoms with E-state index in [1.807, 2.05) is 19.1 Å². The number of benzene rings is 1. The van der Waals surface area contributed by atoms with Crippen LogP contribution in [0.15, 0.2) is 18.2 Å². The summed E-state index contributed by atoms with van der Waals surface area (Å²) >= 11 is 1.13. The third-order valence-electron chi connectivity index (χ3n) is 3.81. The van der Waals surface area contributed by atoms with Crippen molar-refractivity contribution in [3.63, 3.8) is 0 Å². The molecule has 2 atom stereocenters.